The first-order valence-corrected chi connectivity index (χ1v) is 5.86. The molecule has 0 amide bonds. The Labute approximate surface area is 102 Å². The predicted molar refractivity (Wildman–Crippen MR) is 66.6 cm³/mol. The second kappa shape index (κ2) is 7.01. The van der Waals surface area contributed by atoms with Crippen LogP contribution in [0, 0.1) is 5.92 Å². The van der Waals surface area contributed by atoms with E-state index in [0.717, 1.165) is 18.7 Å². The number of ether oxygens (including phenoxy) is 1. The number of carbonyl (C=O) groups is 1. The molecule has 2 unspecified atom stereocenters. The van der Waals surface area contributed by atoms with Crippen molar-refractivity contribution in [3.05, 3.63) is 30.1 Å². The molecule has 2 atom stereocenters. The summed E-state index contributed by atoms with van der Waals surface area (Å²) in [6, 6.07) is 5.98. The molecule has 0 aliphatic rings. The lowest BCUT2D eigenvalue weighted by atomic mass is 10.0. The maximum Gasteiger partial charge on any atom is 0.309 e. The summed E-state index contributed by atoms with van der Waals surface area (Å²) in [6.07, 6.45) is 2.65. The molecule has 4 heteroatoms. The number of methoxy groups -OCH3 is 1. The van der Waals surface area contributed by atoms with Crippen LogP contribution < -0.4 is 5.32 Å². The Morgan fingerprint density at radius 1 is 1.47 bits per heavy atom. The molecule has 0 spiro atoms. The number of carbonyl (C=O) groups excluding carboxylic acids is 1. The van der Waals surface area contributed by atoms with E-state index in [4.69, 9.17) is 4.74 Å². The van der Waals surface area contributed by atoms with Gasteiger partial charge in [-0.25, -0.2) is 0 Å². The minimum Gasteiger partial charge on any atom is -0.469 e. The van der Waals surface area contributed by atoms with Crippen molar-refractivity contribution in [2.45, 2.75) is 26.3 Å². The van der Waals surface area contributed by atoms with E-state index in [2.05, 4.69) is 10.3 Å². The fourth-order valence-electron chi connectivity index (χ4n) is 1.54. The van der Waals surface area contributed by atoms with Gasteiger partial charge in [0.15, 0.2) is 0 Å². The van der Waals surface area contributed by atoms with Gasteiger partial charge in [0.05, 0.1) is 13.0 Å². The second-order valence-corrected chi connectivity index (χ2v) is 4.13. The summed E-state index contributed by atoms with van der Waals surface area (Å²) in [4.78, 5) is 15.6. The molecule has 0 saturated heterocycles. The van der Waals surface area contributed by atoms with Gasteiger partial charge in [-0.1, -0.05) is 13.0 Å². The summed E-state index contributed by atoms with van der Waals surface area (Å²) < 4.78 is 4.71. The van der Waals surface area contributed by atoms with Gasteiger partial charge in [-0.3, -0.25) is 9.78 Å². The summed E-state index contributed by atoms with van der Waals surface area (Å²) in [6.45, 7) is 4.66. The van der Waals surface area contributed by atoms with Crippen LogP contribution in [-0.4, -0.2) is 30.6 Å². The minimum absolute atomic E-state index is 0.103. The number of aromatic nitrogens is 1. The van der Waals surface area contributed by atoms with Crippen LogP contribution in [-0.2, 0) is 16.0 Å². The number of pyridine rings is 1. The van der Waals surface area contributed by atoms with E-state index >= 15 is 0 Å². The van der Waals surface area contributed by atoms with E-state index in [1.165, 1.54) is 7.11 Å². The molecule has 0 aliphatic heterocycles. The molecule has 0 bridgehead atoms. The average molecular weight is 236 g/mol. The Morgan fingerprint density at radius 2 is 2.24 bits per heavy atom. The summed E-state index contributed by atoms with van der Waals surface area (Å²) >= 11 is 0. The first kappa shape index (κ1) is 13.6. The van der Waals surface area contributed by atoms with Crippen molar-refractivity contribution >= 4 is 5.97 Å². The first-order valence-electron chi connectivity index (χ1n) is 5.86. The van der Waals surface area contributed by atoms with E-state index in [1.807, 2.05) is 32.0 Å². The van der Waals surface area contributed by atoms with Crippen molar-refractivity contribution in [2.75, 3.05) is 13.7 Å². The van der Waals surface area contributed by atoms with Crippen LogP contribution in [0.15, 0.2) is 24.4 Å². The van der Waals surface area contributed by atoms with Gasteiger partial charge in [-0.05, 0) is 19.1 Å². The van der Waals surface area contributed by atoms with Crippen LogP contribution in [0.1, 0.15) is 19.5 Å². The zero-order valence-electron chi connectivity index (χ0n) is 10.6. The number of hydrogen-bond donors (Lipinski definition) is 1. The largest absolute Gasteiger partial charge is 0.469 e. The Morgan fingerprint density at radius 3 is 2.82 bits per heavy atom. The highest BCUT2D eigenvalue weighted by Crippen LogP contribution is 2.04. The molecule has 4 nitrogen and oxygen atoms in total. The highest BCUT2D eigenvalue weighted by molar-refractivity contribution is 5.72. The Hall–Kier alpha value is -1.42. The molecule has 94 valence electrons. The number of hydrogen-bond acceptors (Lipinski definition) is 4. The van der Waals surface area contributed by atoms with Gasteiger partial charge in [-0.15, -0.1) is 0 Å². The van der Waals surface area contributed by atoms with Gasteiger partial charge in [0.1, 0.15) is 0 Å². The maximum absolute atomic E-state index is 11.3. The predicted octanol–water partition coefficient (Wildman–Crippen LogP) is 1.41. The molecule has 0 fully saturated rings. The molecule has 1 N–H and O–H groups in total. The van der Waals surface area contributed by atoms with Crippen molar-refractivity contribution in [2.24, 2.45) is 5.92 Å². The van der Waals surface area contributed by atoms with E-state index in [-0.39, 0.29) is 17.9 Å². The molecule has 0 aromatic carbocycles. The molecule has 1 aromatic heterocycles. The number of rotatable bonds is 6. The van der Waals surface area contributed by atoms with Crippen LogP contribution in [0.2, 0.25) is 0 Å². The zero-order chi connectivity index (χ0) is 12.7. The van der Waals surface area contributed by atoms with Gasteiger partial charge in [0.2, 0.25) is 0 Å². The Balaban J connectivity index is 2.29. The van der Waals surface area contributed by atoms with Crippen molar-refractivity contribution in [3.63, 3.8) is 0 Å². The lowest BCUT2D eigenvalue weighted by molar-refractivity contribution is -0.145. The van der Waals surface area contributed by atoms with Crippen LogP contribution in [0.4, 0.5) is 0 Å². The zero-order valence-corrected chi connectivity index (χ0v) is 10.6. The number of nitrogens with one attached hydrogen (secondary N) is 1. The third-order valence-electron chi connectivity index (χ3n) is 2.90. The molecule has 0 aliphatic carbocycles. The van der Waals surface area contributed by atoms with Crippen LogP contribution in [0.3, 0.4) is 0 Å². The molecule has 0 radical (unpaired) electrons. The Kier molecular flexibility index (Phi) is 5.63. The smallest absolute Gasteiger partial charge is 0.309 e. The van der Waals surface area contributed by atoms with E-state index in [0.29, 0.717) is 0 Å². The molecule has 0 saturated carbocycles. The SMILES string of the molecule is COC(=O)C(C)C(C)NCCc1ccccn1. The summed E-state index contributed by atoms with van der Waals surface area (Å²) in [5, 5.41) is 3.31. The summed E-state index contributed by atoms with van der Waals surface area (Å²) in [5.74, 6) is -0.313. The molecule has 1 aromatic rings. The monoisotopic (exact) mass is 236 g/mol. The second-order valence-electron chi connectivity index (χ2n) is 4.13. The quantitative estimate of drug-likeness (QED) is 0.759. The summed E-state index contributed by atoms with van der Waals surface area (Å²) in [7, 11) is 1.42. The molecule has 17 heavy (non-hydrogen) atoms. The fourth-order valence-corrected chi connectivity index (χ4v) is 1.54. The number of esters is 1. The highest BCUT2D eigenvalue weighted by Gasteiger charge is 2.19. The Bertz CT molecular complexity index is 341. The van der Waals surface area contributed by atoms with Gasteiger partial charge < -0.3 is 10.1 Å². The molecule has 1 heterocycles. The standard InChI is InChI=1S/C13H20N2O2/c1-10(13(16)17-3)11(2)14-9-7-12-6-4-5-8-15-12/h4-6,8,10-11,14H,7,9H2,1-3H3. The van der Waals surface area contributed by atoms with Gasteiger partial charge in [0.25, 0.3) is 0 Å². The van der Waals surface area contributed by atoms with Gasteiger partial charge in [-0.2, -0.15) is 0 Å². The van der Waals surface area contributed by atoms with Gasteiger partial charge in [0, 0.05) is 30.9 Å². The normalized spacial score (nSPS) is 14.1. The van der Waals surface area contributed by atoms with Crippen molar-refractivity contribution in [1.82, 2.24) is 10.3 Å². The molecule has 1 rings (SSSR count). The van der Waals surface area contributed by atoms with Crippen LogP contribution in [0.5, 0.6) is 0 Å². The fraction of sp³-hybridized carbons (Fsp3) is 0.538. The molecular weight excluding hydrogens is 216 g/mol. The lowest BCUT2D eigenvalue weighted by Crippen LogP contribution is -2.37. The average Bonchev–Trinajstić information content (AvgIpc) is 2.38. The van der Waals surface area contributed by atoms with Gasteiger partial charge >= 0.3 is 5.97 Å². The maximum atomic E-state index is 11.3. The third-order valence-corrected chi connectivity index (χ3v) is 2.90. The van der Waals surface area contributed by atoms with Crippen molar-refractivity contribution in [3.8, 4) is 0 Å². The van der Waals surface area contributed by atoms with Crippen molar-refractivity contribution in [1.29, 1.82) is 0 Å². The highest BCUT2D eigenvalue weighted by atomic mass is 16.5. The van der Waals surface area contributed by atoms with Crippen LogP contribution in [0.25, 0.3) is 0 Å². The minimum atomic E-state index is -0.178. The molecular formula is C13H20N2O2. The van der Waals surface area contributed by atoms with E-state index in [1.54, 1.807) is 6.20 Å². The first-order chi connectivity index (χ1) is 8.15. The van der Waals surface area contributed by atoms with Crippen LogP contribution >= 0.6 is 0 Å². The summed E-state index contributed by atoms with van der Waals surface area (Å²) in [5.41, 5.74) is 1.05. The third kappa shape index (κ3) is 4.53. The van der Waals surface area contributed by atoms with E-state index < -0.39 is 0 Å². The lowest BCUT2D eigenvalue weighted by Gasteiger charge is -2.19. The van der Waals surface area contributed by atoms with Crippen molar-refractivity contribution < 1.29 is 9.53 Å². The topological polar surface area (TPSA) is 51.2 Å². The number of nitrogens with zero attached hydrogens (tertiary/aromatic N) is 1. The van der Waals surface area contributed by atoms with E-state index in [9.17, 15) is 4.79 Å².